The highest BCUT2D eigenvalue weighted by Gasteiger charge is 2.22. The molecule has 1 atom stereocenters. The molecule has 112 valence electrons. The van der Waals surface area contributed by atoms with Crippen LogP contribution in [0.15, 0.2) is 39.3 Å². The van der Waals surface area contributed by atoms with E-state index in [1.165, 1.54) is 0 Å². The predicted octanol–water partition coefficient (Wildman–Crippen LogP) is 6.36. The molecule has 0 aliphatic rings. The van der Waals surface area contributed by atoms with Crippen molar-refractivity contribution in [2.45, 2.75) is 13.0 Å². The molecule has 0 radical (unpaired) electrons. The zero-order valence-electron chi connectivity index (χ0n) is 11.1. The third kappa shape index (κ3) is 3.62. The Labute approximate surface area is 150 Å². The van der Waals surface area contributed by atoms with E-state index in [-0.39, 0.29) is 11.1 Å². The van der Waals surface area contributed by atoms with Crippen LogP contribution in [0, 0.1) is 5.82 Å². The summed E-state index contributed by atoms with van der Waals surface area (Å²) in [6.07, 6.45) is 0. The van der Waals surface area contributed by atoms with E-state index < -0.39 is 5.82 Å². The van der Waals surface area contributed by atoms with E-state index in [1.54, 1.807) is 12.1 Å². The van der Waals surface area contributed by atoms with Crippen LogP contribution in [-0.4, -0.2) is 6.54 Å². The highest BCUT2D eigenvalue weighted by Crippen LogP contribution is 2.37. The van der Waals surface area contributed by atoms with Gasteiger partial charge in [0.25, 0.3) is 0 Å². The number of benzene rings is 2. The van der Waals surface area contributed by atoms with E-state index >= 15 is 0 Å². The smallest absolute Gasteiger partial charge is 0.148 e. The van der Waals surface area contributed by atoms with Crippen LogP contribution >= 0.6 is 55.1 Å². The molecule has 1 nitrogen and oxygen atoms in total. The van der Waals surface area contributed by atoms with Crippen LogP contribution in [0.4, 0.5) is 4.39 Å². The molecule has 0 aromatic heterocycles. The molecule has 21 heavy (non-hydrogen) atoms. The third-order valence-electron chi connectivity index (χ3n) is 3.08. The first-order chi connectivity index (χ1) is 9.97. The molecule has 0 heterocycles. The van der Waals surface area contributed by atoms with Crippen molar-refractivity contribution in [3.05, 3.63) is 66.3 Å². The molecule has 0 spiro atoms. The monoisotopic (exact) mass is 453 g/mol. The predicted molar refractivity (Wildman–Crippen MR) is 93.8 cm³/mol. The van der Waals surface area contributed by atoms with Crippen LogP contribution in [0.1, 0.15) is 24.1 Å². The van der Waals surface area contributed by atoms with Gasteiger partial charge in [-0.05, 0) is 56.1 Å². The second kappa shape index (κ2) is 7.42. The first-order valence-corrected chi connectivity index (χ1v) is 8.62. The summed E-state index contributed by atoms with van der Waals surface area (Å²) in [5, 5.41) is 3.88. The van der Waals surface area contributed by atoms with Crippen molar-refractivity contribution in [2.75, 3.05) is 6.54 Å². The summed E-state index contributed by atoms with van der Waals surface area (Å²) < 4.78 is 15.8. The van der Waals surface area contributed by atoms with Crippen molar-refractivity contribution in [3.8, 4) is 0 Å². The van der Waals surface area contributed by atoms with Gasteiger partial charge in [0.05, 0.1) is 16.1 Å². The minimum absolute atomic E-state index is 0.0709. The van der Waals surface area contributed by atoms with Crippen molar-refractivity contribution in [1.82, 2.24) is 5.32 Å². The molecule has 0 saturated heterocycles. The first kappa shape index (κ1) is 17.2. The zero-order chi connectivity index (χ0) is 15.6. The van der Waals surface area contributed by atoms with Crippen LogP contribution in [0.3, 0.4) is 0 Å². The zero-order valence-corrected chi connectivity index (χ0v) is 15.7. The van der Waals surface area contributed by atoms with Crippen molar-refractivity contribution >= 4 is 55.1 Å². The summed E-state index contributed by atoms with van der Waals surface area (Å²) in [5.74, 6) is -0.451. The summed E-state index contributed by atoms with van der Waals surface area (Å²) in [5.41, 5.74) is 1.26. The third-order valence-corrected chi connectivity index (χ3v) is 5.65. The number of halogens is 5. The van der Waals surface area contributed by atoms with Crippen LogP contribution < -0.4 is 5.32 Å². The molecule has 0 aliphatic heterocycles. The average Bonchev–Trinajstić information content (AvgIpc) is 2.46. The molecule has 1 unspecified atom stereocenters. The van der Waals surface area contributed by atoms with E-state index in [0.29, 0.717) is 21.6 Å². The van der Waals surface area contributed by atoms with Gasteiger partial charge in [0.15, 0.2) is 0 Å². The van der Waals surface area contributed by atoms with Crippen molar-refractivity contribution in [2.24, 2.45) is 0 Å². The summed E-state index contributed by atoms with van der Waals surface area (Å²) in [4.78, 5) is 0. The van der Waals surface area contributed by atoms with E-state index in [2.05, 4.69) is 37.2 Å². The molecule has 0 amide bonds. The van der Waals surface area contributed by atoms with Gasteiger partial charge in [-0.25, -0.2) is 4.39 Å². The van der Waals surface area contributed by atoms with Gasteiger partial charge in [-0.15, -0.1) is 0 Å². The summed E-state index contributed by atoms with van der Waals surface area (Å²) in [7, 11) is 0. The maximum absolute atomic E-state index is 14.5. The van der Waals surface area contributed by atoms with Crippen molar-refractivity contribution in [1.29, 1.82) is 0 Å². The fourth-order valence-electron chi connectivity index (χ4n) is 2.10. The van der Waals surface area contributed by atoms with Gasteiger partial charge < -0.3 is 5.32 Å². The quantitative estimate of drug-likeness (QED) is 0.529. The lowest BCUT2D eigenvalue weighted by Gasteiger charge is -2.22. The lowest BCUT2D eigenvalue weighted by molar-refractivity contribution is 0.559. The molecule has 0 aliphatic carbocycles. The van der Waals surface area contributed by atoms with E-state index in [4.69, 9.17) is 23.2 Å². The lowest BCUT2D eigenvalue weighted by Crippen LogP contribution is -2.23. The SMILES string of the molecule is CCNC(c1ccc(Br)c(Cl)c1F)c1cccc(Br)c1Cl. The molecule has 6 heteroatoms. The highest BCUT2D eigenvalue weighted by molar-refractivity contribution is 9.10. The Bertz CT molecular complexity index is 664. The average molecular weight is 456 g/mol. The van der Waals surface area contributed by atoms with E-state index in [9.17, 15) is 4.39 Å². The number of hydrogen-bond donors (Lipinski definition) is 1. The minimum atomic E-state index is -0.451. The number of nitrogens with one attached hydrogen (secondary N) is 1. The normalized spacial score (nSPS) is 12.5. The van der Waals surface area contributed by atoms with Gasteiger partial charge in [0.2, 0.25) is 0 Å². The Hall–Kier alpha value is -0.130. The van der Waals surface area contributed by atoms with Gasteiger partial charge in [-0.1, -0.05) is 48.3 Å². The van der Waals surface area contributed by atoms with Crippen molar-refractivity contribution in [3.63, 3.8) is 0 Å². The Kier molecular flexibility index (Phi) is 6.09. The van der Waals surface area contributed by atoms with Crippen LogP contribution in [-0.2, 0) is 0 Å². The lowest BCUT2D eigenvalue weighted by atomic mass is 9.98. The van der Waals surface area contributed by atoms with Crippen molar-refractivity contribution < 1.29 is 4.39 Å². The Balaban J connectivity index is 2.59. The van der Waals surface area contributed by atoms with E-state index in [1.807, 2.05) is 25.1 Å². The minimum Gasteiger partial charge on any atom is -0.306 e. The molecular formula is C15H12Br2Cl2FN. The molecule has 0 saturated carbocycles. The van der Waals surface area contributed by atoms with Crippen LogP contribution in [0.5, 0.6) is 0 Å². The van der Waals surface area contributed by atoms with Gasteiger partial charge >= 0.3 is 0 Å². The molecule has 2 aromatic rings. The maximum atomic E-state index is 14.5. The summed E-state index contributed by atoms with van der Waals surface area (Å²) in [6, 6.07) is 8.65. The molecular weight excluding hydrogens is 444 g/mol. The number of rotatable bonds is 4. The number of hydrogen-bond acceptors (Lipinski definition) is 1. The second-order valence-corrected chi connectivity index (χ2v) is 6.86. The summed E-state index contributed by atoms with van der Waals surface area (Å²) in [6.45, 7) is 2.62. The maximum Gasteiger partial charge on any atom is 0.148 e. The summed E-state index contributed by atoms with van der Waals surface area (Å²) >= 11 is 19.0. The Morgan fingerprint density at radius 1 is 1.05 bits per heavy atom. The highest BCUT2D eigenvalue weighted by atomic mass is 79.9. The van der Waals surface area contributed by atoms with Gasteiger partial charge in [-0.2, -0.15) is 0 Å². The topological polar surface area (TPSA) is 12.0 Å². The van der Waals surface area contributed by atoms with Gasteiger partial charge in [0.1, 0.15) is 5.82 Å². The molecule has 0 bridgehead atoms. The standard InChI is InChI=1S/C15H12Br2Cl2FN/c1-2-21-15(8-4-3-5-10(16)12(8)18)9-6-7-11(17)13(19)14(9)20/h3-7,15,21H,2H2,1H3. The molecule has 1 N–H and O–H groups in total. The Morgan fingerprint density at radius 3 is 2.38 bits per heavy atom. The molecule has 0 fully saturated rings. The largest absolute Gasteiger partial charge is 0.306 e. The molecule has 2 rings (SSSR count). The first-order valence-electron chi connectivity index (χ1n) is 6.28. The van der Waals surface area contributed by atoms with Crippen LogP contribution in [0.25, 0.3) is 0 Å². The van der Waals surface area contributed by atoms with Crippen LogP contribution in [0.2, 0.25) is 10.0 Å². The fourth-order valence-corrected chi connectivity index (χ4v) is 3.19. The molecule has 2 aromatic carbocycles. The van der Waals surface area contributed by atoms with Gasteiger partial charge in [-0.3, -0.25) is 0 Å². The fraction of sp³-hybridized carbons (Fsp3) is 0.200. The van der Waals surface area contributed by atoms with E-state index in [0.717, 1.165) is 10.0 Å². The Morgan fingerprint density at radius 2 is 1.71 bits per heavy atom. The second-order valence-electron chi connectivity index (χ2n) is 4.40. The van der Waals surface area contributed by atoms with Gasteiger partial charge in [0, 0.05) is 14.5 Å².